The van der Waals surface area contributed by atoms with Crippen LogP contribution >= 0.6 is 0 Å². The fraction of sp³-hybridized carbons (Fsp3) is 1.00. The molecule has 0 aliphatic carbocycles. The van der Waals surface area contributed by atoms with Crippen LogP contribution in [0.3, 0.4) is 0 Å². The summed E-state index contributed by atoms with van der Waals surface area (Å²) < 4.78 is 5.55. The Kier molecular flexibility index (Phi) is 2.49. The van der Waals surface area contributed by atoms with Crippen LogP contribution in [0.1, 0.15) is 19.8 Å². The van der Waals surface area contributed by atoms with Gasteiger partial charge in [0, 0.05) is 7.11 Å². The molecule has 0 bridgehead atoms. The average molecular weight is 159 g/mol. The summed E-state index contributed by atoms with van der Waals surface area (Å²) in [4.78, 5) is 3.38. The lowest BCUT2D eigenvalue weighted by Gasteiger charge is -2.44. The minimum atomic E-state index is -1.37. The SMILES string of the molecule is CCC1CC[Si]1(NC)OC. The summed E-state index contributed by atoms with van der Waals surface area (Å²) in [7, 11) is 2.52. The summed E-state index contributed by atoms with van der Waals surface area (Å²) in [5.41, 5.74) is 0.863. The molecule has 3 heteroatoms. The van der Waals surface area contributed by atoms with Gasteiger partial charge in [0.25, 0.3) is 8.48 Å². The first-order valence-corrected chi connectivity index (χ1v) is 6.22. The second kappa shape index (κ2) is 3.03. The van der Waals surface area contributed by atoms with E-state index in [0.29, 0.717) is 0 Å². The van der Waals surface area contributed by atoms with Crippen molar-refractivity contribution in [3.63, 3.8) is 0 Å². The first-order chi connectivity index (χ1) is 4.79. The van der Waals surface area contributed by atoms with Crippen LogP contribution in [-0.2, 0) is 4.43 Å². The third kappa shape index (κ3) is 1.02. The molecule has 1 aliphatic rings. The Balaban J connectivity index is 2.48. The second-order valence-corrected chi connectivity index (χ2v) is 6.99. The maximum Gasteiger partial charge on any atom is 0.271 e. The van der Waals surface area contributed by atoms with Crippen LogP contribution in [0, 0.1) is 0 Å². The first kappa shape index (κ1) is 8.24. The molecule has 0 radical (unpaired) electrons. The van der Waals surface area contributed by atoms with Crippen molar-refractivity contribution in [3.05, 3.63) is 0 Å². The van der Waals surface area contributed by atoms with Crippen molar-refractivity contribution in [1.29, 1.82) is 0 Å². The number of hydrogen-bond donors (Lipinski definition) is 1. The van der Waals surface area contributed by atoms with Crippen molar-refractivity contribution in [3.8, 4) is 0 Å². The minimum absolute atomic E-state index is 0.863. The van der Waals surface area contributed by atoms with Gasteiger partial charge >= 0.3 is 0 Å². The highest BCUT2D eigenvalue weighted by atomic mass is 28.4. The lowest BCUT2D eigenvalue weighted by Crippen LogP contribution is -2.60. The lowest BCUT2D eigenvalue weighted by atomic mass is 10.2. The van der Waals surface area contributed by atoms with E-state index in [-0.39, 0.29) is 0 Å². The Hall–Kier alpha value is 0.137. The van der Waals surface area contributed by atoms with Crippen molar-refractivity contribution in [2.45, 2.75) is 31.4 Å². The Morgan fingerprint density at radius 2 is 2.40 bits per heavy atom. The summed E-state index contributed by atoms with van der Waals surface area (Å²) in [5.74, 6) is 0. The van der Waals surface area contributed by atoms with E-state index in [1.807, 2.05) is 14.2 Å². The zero-order chi connectivity index (χ0) is 7.61. The minimum Gasteiger partial charge on any atom is -0.406 e. The molecule has 0 aromatic carbocycles. The fourth-order valence-corrected chi connectivity index (χ4v) is 5.13. The monoisotopic (exact) mass is 159 g/mol. The average Bonchev–Trinajstić information content (AvgIpc) is 1.90. The van der Waals surface area contributed by atoms with Gasteiger partial charge in [-0.05, 0) is 25.1 Å². The van der Waals surface area contributed by atoms with E-state index in [2.05, 4.69) is 11.9 Å². The maximum absolute atomic E-state index is 5.55. The molecule has 60 valence electrons. The van der Waals surface area contributed by atoms with Crippen LogP contribution in [0.15, 0.2) is 0 Å². The van der Waals surface area contributed by atoms with E-state index in [1.54, 1.807) is 0 Å². The van der Waals surface area contributed by atoms with Crippen LogP contribution in [-0.4, -0.2) is 22.6 Å². The van der Waals surface area contributed by atoms with Gasteiger partial charge in [-0.2, -0.15) is 0 Å². The molecule has 2 atom stereocenters. The highest BCUT2D eigenvalue weighted by molar-refractivity contribution is 6.75. The van der Waals surface area contributed by atoms with Gasteiger partial charge in [0.2, 0.25) is 0 Å². The molecular formula is C7H17NOSi. The molecule has 2 unspecified atom stereocenters. The molecule has 1 fully saturated rings. The van der Waals surface area contributed by atoms with Gasteiger partial charge in [-0.1, -0.05) is 13.3 Å². The molecule has 0 saturated carbocycles. The molecule has 0 amide bonds. The molecule has 1 rings (SSSR count). The Bertz CT molecular complexity index is 107. The zero-order valence-corrected chi connectivity index (χ0v) is 8.11. The van der Waals surface area contributed by atoms with Crippen LogP contribution in [0.5, 0.6) is 0 Å². The van der Waals surface area contributed by atoms with E-state index < -0.39 is 8.48 Å². The molecular weight excluding hydrogens is 142 g/mol. The molecule has 1 N–H and O–H groups in total. The van der Waals surface area contributed by atoms with Crippen molar-refractivity contribution in [2.75, 3.05) is 14.2 Å². The van der Waals surface area contributed by atoms with E-state index >= 15 is 0 Å². The Labute approximate surface area is 64.2 Å². The van der Waals surface area contributed by atoms with Crippen molar-refractivity contribution >= 4 is 8.48 Å². The topological polar surface area (TPSA) is 21.3 Å². The standard InChI is InChI=1S/C7H17NOSi/c1-4-7-5-6-10(7,8-2)9-3/h7-8H,4-6H2,1-3H3. The molecule has 0 spiro atoms. The van der Waals surface area contributed by atoms with E-state index in [4.69, 9.17) is 4.43 Å². The van der Waals surface area contributed by atoms with Crippen molar-refractivity contribution in [2.24, 2.45) is 0 Å². The van der Waals surface area contributed by atoms with Crippen LogP contribution in [0.25, 0.3) is 0 Å². The maximum atomic E-state index is 5.55. The van der Waals surface area contributed by atoms with Gasteiger partial charge in [0.05, 0.1) is 0 Å². The van der Waals surface area contributed by atoms with Crippen molar-refractivity contribution < 1.29 is 4.43 Å². The quantitative estimate of drug-likeness (QED) is 0.630. The Morgan fingerprint density at radius 3 is 2.50 bits per heavy atom. The molecule has 0 aromatic heterocycles. The smallest absolute Gasteiger partial charge is 0.271 e. The fourth-order valence-electron chi connectivity index (χ4n) is 1.84. The van der Waals surface area contributed by atoms with Gasteiger partial charge in [0.1, 0.15) is 0 Å². The predicted molar refractivity (Wildman–Crippen MR) is 45.3 cm³/mol. The molecule has 2 nitrogen and oxygen atoms in total. The van der Waals surface area contributed by atoms with Gasteiger partial charge < -0.3 is 9.41 Å². The molecule has 1 heterocycles. The van der Waals surface area contributed by atoms with Gasteiger partial charge in [0.15, 0.2) is 0 Å². The van der Waals surface area contributed by atoms with Gasteiger partial charge in [-0.3, -0.25) is 0 Å². The van der Waals surface area contributed by atoms with Gasteiger partial charge in [-0.15, -0.1) is 0 Å². The van der Waals surface area contributed by atoms with Crippen LogP contribution in [0.2, 0.25) is 11.6 Å². The third-order valence-corrected chi connectivity index (χ3v) is 7.43. The highest BCUT2D eigenvalue weighted by Crippen LogP contribution is 2.43. The highest BCUT2D eigenvalue weighted by Gasteiger charge is 2.48. The summed E-state index contributed by atoms with van der Waals surface area (Å²) in [5, 5.41) is 0. The molecule has 1 aliphatic heterocycles. The lowest BCUT2D eigenvalue weighted by molar-refractivity contribution is 0.331. The first-order valence-electron chi connectivity index (χ1n) is 4.03. The van der Waals surface area contributed by atoms with E-state index in [1.165, 1.54) is 18.9 Å². The summed E-state index contributed by atoms with van der Waals surface area (Å²) >= 11 is 0. The number of hydrogen-bond acceptors (Lipinski definition) is 2. The number of nitrogens with one attached hydrogen (secondary N) is 1. The van der Waals surface area contributed by atoms with Crippen LogP contribution in [0.4, 0.5) is 0 Å². The number of rotatable bonds is 3. The predicted octanol–water partition coefficient (Wildman–Crippen LogP) is 1.48. The van der Waals surface area contributed by atoms with Crippen molar-refractivity contribution in [1.82, 2.24) is 4.98 Å². The molecule has 1 saturated heterocycles. The van der Waals surface area contributed by atoms with Crippen LogP contribution < -0.4 is 4.98 Å². The second-order valence-electron chi connectivity index (χ2n) is 2.99. The third-order valence-electron chi connectivity index (χ3n) is 2.80. The normalized spacial score (nSPS) is 39.3. The summed E-state index contributed by atoms with van der Waals surface area (Å²) in [6.07, 6.45) is 2.65. The van der Waals surface area contributed by atoms with E-state index in [0.717, 1.165) is 5.54 Å². The largest absolute Gasteiger partial charge is 0.406 e. The Morgan fingerprint density at radius 1 is 1.70 bits per heavy atom. The summed E-state index contributed by atoms with van der Waals surface area (Å²) in [6, 6.07) is 1.30. The molecule has 10 heavy (non-hydrogen) atoms. The molecule has 0 aromatic rings. The summed E-state index contributed by atoms with van der Waals surface area (Å²) in [6.45, 7) is 2.25. The zero-order valence-electron chi connectivity index (χ0n) is 7.11. The van der Waals surface area contributed by atoms with E-state index in [9.17, 15) is 0 Å². The van der Waals surface area contributed by atoms with Gasteiger partial charge in [-0.25, -0.2) is 0 Å².